The largest absolute Gasteiger partial charge is 0.351 e. The standard InChI is InChI=1S/C25H34N4O2/c1-19-8-6-10-23(21(19)3)27-25(31)18-29-15-13-28(14-16-29)17-24(30)26-12-11-22-9-5-4-7-20(22)2/h4-10H,11-18H2,1-3H3,(H,26,30)(H,27,31)/p+2. The van der Waals surface area contributed by atoms with Gasteiger partial charge < -0.3 is 20.4 Å². The predicted molar refractivity (Wildman–Crippen MR) is 124 cm³/mol. The zero-order valence-electron chi connectivity index (χ0n) is 19.0. The quantitative estimate of drug-likeness (QED) is 0.470. The van der Waals surface area contributed by atoms with E-state index in [9.17, 15) is 9.59 Å². The number of amides is 2. The van der Waals surface area contributed by atoms with Crippen LogP contribution in [-0.2, 0) is 16.0 Å². The molecule has 2 aromatic carbocycles. The second kappa shape index (κ2) is 11.1. The summed E-state index contributed by atoms with van der Waals surface area (Å²) in [5.74, 6) is 0.167. The molecule has 1 aliphatic heterocycles. The van der Waals surface area contributed by atoms with Gasteiger partial charge in [-0.25, -0.2) is 0 Å². The van der Waals surface area contributed by atoms with E-state index in [1.54, 1.807) is 0 Å². The average Bonchev–Trinajstić information content (AvgIpc) is 2.74. The highest BCUT2D eigenvalue weighted by Gasteiger charge is 2.26. The van der Waals surface area contributed by atoms with Crippen molar-refractivity contribution in [1.82, 2.24) is 5.32 Å². The highest BCUT2D eigenvalue weighted by Crippen LogP contribution is 2.17. The molecule has 0 spiro atoms. The summed E-state index contributed by atoms with van der Waals surface area (Å²) in [5.41, 5.74) is 5.75. The first-order valence-electron chi connectivity index (χ1n) is 11.3. The molecule has 2 amide bonds. The number of carbonyl (C=O) groups excluding carboxylic acids is 2. The lowest BCUT2D eigenvalue weighted by Gasteiger charge is -2.29. The van der Waals surface area contributed by atoms with E-state index in [0.29, 0.717) is 19.6 Å². The van der Waals surface area contributed by atoms with Crippen LogP contribution in [0.2, 0.25) is 0 Å². The smallest absolute Gasteiger partial charge is 0.279 e. The van der Waals surface area contributed by atoms with Crippen molar-refractivity contribution < 1.29 is 19.4 Å². The molecule has 6 heteroatoms. The van der Waals surface area contributed by atoms with Gasteiger partial charge in [0, 0.05) is 12.2 Å². The highest BCUT2D eigenvalue weighted by atomic mass is 16.2. The number of rotatable bonds is 8. The summed E-state index contributed by atoms with van der Waals surface area (Å²) in [6, 6.07) is 14.3. The Bertz CT molecular complexity index is 904. The van der Waals surface area contributed by atoms with Crippen molar-refractivity contribution in [1.29, 1.82) is 0 Å². The molecule has 0 unspecified atom stereocenters. The van der Waals surface area contributed by atoms with Gasteiger partial charge in [0.25, 0.3) is 11.8 Å². The van der Waals surface area contributed by atoms with Crippen LogP contribution in [0.5, 0.6) is 0 Å². The Morgan fingerprint density at radius 1 is 0.806 bits per heavy atom. The Labute approximate surface area is 185 Å². The van der Waals surface area contributed by atoms with Crippen molar-refractivity contribution >= 4 is 17.5 Å². The minimum atomic E-state index is 0.0566. The molecule has 0 bridgehead atoms. The fourth-order valence-corrected chi connectivity index (χ4v) is 4.14. The van der Waals surface area contributed by atoms with Crippen LogP contribution < -0.4 is 20.4 Å². The fourth-order valence-electron chi connectivity index (χ4n) is 4.14. The Hall–Kier alpha value is -2.70. The molecule has 0 aliphatic carbocycles. The molecule has 2 aromatic rings. The van der Waals surface area contributed by atoms with E-state index in [1.807, 2.05) is 31.2 Å². The first-order chi connectivity index (χ1) is 14.9. The van der Waals surface area contributed by atoms with Crippen LogP contribution in [0, 0.1) is 20.8 Å². The first-order valence-corrected chi connectivity index (χ1v) is 11.3. The van der Waals surface area contributed by atoms with Gasteiger partial charge in [-0.15, -0.1) is 0 Å². The van der Waals surface area contributed by atoms with Crippen LogP contribution in [0.1, 0.15) is 22.3 Å². The van der Waals surface area contributed by atoms with Crippen molar-refractivity contribution in [3.8, 4) is 0 Å². The number of hydrogen-bond acceptors (Lipinski definition) is 2. The Balaban J connectivity index is 1.34. The topological polar surface area (TPSA) is 67.1 Å². The summed E-state index contributed by atoms with van der Waals surface area (Å²) >= 11 is 0. The average molecular weight is 425 g/mol. The number of hydrogen-bond donors (Lipinski definition) is 4. The van der Waals surface area contributed by atoms with Gasteiger partial charge in [-0.1, -0.05) is 36.4 Å². The summed E-state index contributed by atoms with van der Waals surface area (Å²) in [4.78, 5) is 27.3. The summed E-state index contributed by atoms with van der Waals surface area (Å²) in [6.07, 6.45) is 0.862. The van der Waals surface area contributed by atoms with Crippen molar-refractivity contribution in [2.45, 2.75) is 27.2 Å². The van der Waals surface area contributed by atoms with Crippen LogP contribution in [-0.4, -0.2) is 57.6 Å². The molecule has 6 nitrogen and oxygen atoms in total. The minimum absolute atomic E-state index is 0.0566. The lowest BCUT2D eigenvalue weighted by atomic mass is 10.1. The third kappa shape index (κ3) is 6.91. The highest BCUT2D eigenvalue weighted by molar-refractivity contribution is 5.92. The number of benzene rings is 2. The molecule has 1 aliphatic rings. The SMILES string of the molecule is Cc1ccccc1CCNC(=O)C[NH+]1CC[NH+](CC(=O)Nc2cccc(C)c2C)CC1. The lowest BCUT2D eigenvalue weighted by Crippen LogP contribution is -3.28. The molecule has 166 valence electrons. The van der Waals surface area contributed by atoms with Gasteiger partial charge in [0.05, 0.1) is 0 Å². The molecule has 31 heavy (non-hydrogen) atoms. The molecule has 0 atom stereocenters. The van der Waals surface area contributed by atoms with E-state index in [4.69, 9.17) is 0 Å². The van der Waals surface area contributed by atoms with Gasteiger partial charge in [0.1, 0.15) is 26.2 Å². The molecular formula is C25H36N4O2+2. The van der Waals surface area contributed by atoms with E-state index in [-0.39, 0.29) is 11.8 Å². The molecular weight excluding hydrogens is 388 g/mol. The Morgan fingerprint density at radius 3 is 2.10 bits per heavy atom. The number of aryl methyl sites for hydroxylation is 2. The molecule has 0 saturated carbocycles. The molecule has 0 radical (unpaired) electrons. The Kier molecular flexibility index (Phi) is 8.20. The number of nitrogens with one attached hydrogen (secondary N) is 4. The first kappa shape index (κ1) is 23.0. The minimum Gasteiger partial charge on any atom is -0.351 e. The summed E-state index contributed by atoms with van der Waals surface area (Å²) in [6.45, 7) is 11.5. The van der Waals surface area contributed by atoms with Gasteiger partial charge in [-0.3, -0.25) is 9.59 Å². The van der Waals surface area contributed by atoms with Crippen LogP contribution in [0.4, 0.5) is 5.69 Å². The zero-order valence-corrected chi connectivity index (χ0v) is 19.0. The van der Waals surface area contributed by atoms with Crippen LogP contribution in [0.25, 0.3) is 0 Å². The Morgan fingerprint density at radius 2 is 1.42 bits per heavy atom. The second-order valence-electron chi connectivity index (χ2n) is 8.68. The van der Waals surface area contributed by atoms with Crippen molar-refractivity contribution in [2.75, 3.05) is 51.1 Å². The molecule has 3 rings (SSSR count). The maximum absolute atomic E-state index is 12.5. The van der Waals surface area contributed by atoms with Crippen molar-refractivity contribution in [3.05, 3.63) is 64.7 Å². The second-order valence-corrected chi connectivity index (χ2v) is 8.68. The number of anilines is 1. The number of carbonyl (C=O) groups is 2. The maximum Gasteiger partial charge on any atom is 0.279 e. The van der Waals surface area contributed by atoms with Crippen LogP contribution in [0.15, 0.2) is 42.5 Å². The number of piperazine rings is 1. The summed E-state index contributed by atoms with van der Waals surface area (Å²) < 4.78 is 0. The molecule has 1 heterocycles. The molecule has 1 saturated heterocycles. The van der Waals surface area contributed by atoms with Gasteiger partial charge in [-0.05, 0) is 55.5 Å². The normalized spacial score (nSPS) is 18.4. The molecule has 1 fully saturated rings. The number of quaternary nitrogens is 2. The fraction of sp³-hybridized carbons (Fsp3) is 0.440. The lowest BCUT2D eigenvalue weighted by molar-refractivity contribution is -1.00. The van der Waals surface area contributed by atoms with Gasteiger partial charge in [0.2, 0.25) is 0 Å². The van der Waals surface area contributed by atoms with E-state index in [2.05, 4.69) is 42.7 Å². The van der Waals surface area contributed by atoms with Crippen molar-refractivity contribution in [3.63, 3.8) is 0 Å². The zero-order chi connectivity index (χ0) is 22.2. The van der Waals surface area contributed by atoms with E-state index < -0.39 is 0 Å². The predicted octanol–water partition coefficient (Wildman–Crippen LogP) is -0.307. The van der Waals surface area contributed by atoms with E-state index in [0.717, 1.165) is 43.9 Å². The molecule has 0 aromatic heterocycles. The monoisotopic (exact) mass is 424 g/mol. The summed E-state index contributed by atoms with van der Waals surface area (Å²) in [5, 5.41) is 6.11. The van der Waals surface area contributed by atoms with Gasteiger partial charge >= 0.3 is 0 Å². The third-order valence-electron chi connectivity index (χ3n) is 6.34. The van der Waals surface area contributed by atoms with E-state index in [1.165, 1.54) is 26.5 Å². The third-order valence-corrected chi connectivity index (χ3v) is 6.34. The van der Waals surface area contributed by atoms with Crippen LogP contribution in [0.3, 0.4) is 0 Å². The van der Waals surface area contributed by atoms with Crippen molar-refractivity contribution in [2.24, 2.45) is 0 Å². The van der Waals surface area contributed by atoms with E-state index >= 15 is 0 Å². The van der Waals surface area contributed by atoms with Gasteiger partial charge in [0.15, 0.2) is 13.1 Å². The maximum atomic E-state index is 12.5. The summed E-state index contributed by atoms with van der Waals surface area (Å²) in [7, 11) is 0. The molecule has 4 N–H and O–H groups in total. The van der Waals surface area contributed by atoms with Gasteiger partial charge in [-0.2, -0.15) is 0 Å². The van der Waals surface area contributed by atoms with Crippen LogP contribution >= 0.6 is 0 Å².